The molecule has 1 spiro atoms. The summed E-state index contributed by atoms with van der Waals surface area (Å²) in [7, 11) is 0. The number of piperidine rings is 1. The highest BCUT2D eigenvalue weighted by molar-refractivity contribution is 5.86. The van der Waals surface area contributed by atoms with Gasteiger partial charge in [-0.05, 0) is 17.5 Å². The van der Waals surface area contributed by atoms with Gasteiger partial charge in [-0.1, -0.05) is 60.7 Å². The molecule has 0 aliphatic carbocycles. The first-order chi connectivity index (χ1) is 11.8. The van der Waals surface area contributed by atoms with Gasteiger partial charge in [0.1, 0.15) is 5.78 Å². The average Bonchev–Trinajstić information content (AvgIpc) is 3.05. The monoisotopic (exact) mass is 320 g/mol. The molecule has 2 aromatic carbocycles. The lowest BCUT2D eigenvalue weighted by Gasteiger charge is -2.34. The summed E-state index contributed by atoms with van der Waals surface area (Å²) in [5.74, 6) is 0.448. The van der Waals surface area contributed by atoms with Crippen molar-refractivity contribution in [3.63, 3.8) is 0 Å². The summed E-state index contributed by atoms with van der Waals surface area (Å²) in [5, 5.41) is 3.44. The maximum atomic E-state index is 12.6. The largest absolute Gasteiger partial charge is 0.315 e. The smallest absolute Gasteiger partial charge is 0.142 e. The zero-order valence-corrected chi connectivity index (χ0v) is 13.9. The predicted octanol–water partition coefficient (Wildman–Crippen LogP) is 3.03. The van der Waals surface area contributed by atoms with E-state index >= 15 is 0 Å². The van der Waals surface area contributed by atoms with Crippen LogP contribution in [0.2, 0.25) is 0 Å². The van der Waals surface area contributed by atoms with Crippen molar-refractivity contribution in [3.05, 3.63) is 71.8 Å². The Morgan fingerprint density at radius 2 is 1.58 bits per heavy atom. The molecule has 2 heterocycles. The van der Waals surface area contributed by atoms with Gasteiger partial charge in [0.2, 0.25) is 0 Å². The van der Waals surface area contributed by atoms with Crippen LogP contribution in [0.5, 0.6) is 0 Å². The van der Waals surface area contributed by atoms with Crippen LogP contribution in [0.3, 0.4) is 0 Å². The van der Waals surface area contributed by atoms with Crippen molar-refractivity contribution in [2.75, 3.05) is 26.2 Å². The second-order valence-electron chi connectivity index (χ2n) is 7.07. The molecule has 0 radical (unpaired) electrons. The molecule has 24 heavy (non-hydrogen) atoms. The molecule has 124 valence electrons. The Bertz CT molecular complexity index is 661. The molecule has 1 unspecified atom stereocenters. The Kier molecular flexibility index (Phi) is 4.21. The highest BCUT2D eigenvalue weighted by Gasteiger charge is 2.46. The summed E-state index contributed by atoms with van der Waals surface area (Å²) >= 11 is 0. The van der Waals surface area contributed by atoms with E-state index in [0.717, 1.165) is 32.6 Å². The molecule has 2 aliphatic heterocycles. The van der Waals surface area contributed by atoms with Gasteiger partial charge in [0.15, 0.2) is 0 Å². The maximum Gasteiger partial charge on any atom is 0.142 e. The normalized spacial score (nSPS) is 24.8. The zero-order chi connectivity index (χ0) is 16.4. The van der Waals surface area contributed by atoms with Crippen molar-refractivity contribution in [3.8, 4) is 0 Å². The van der Waals surface area contributed by atoms with Crippen molar-refractivity contribution in [2.24, 2.45) is 5.41 Å². The highest BCUT2D eigenvalue weighted by Crippen LogP contribution is 2.40. The van der Waals surface area contributed by atoms with Crippen molar-refractivity contribution < 1.29 is 4.79 Å². The van der Waals surface area contributed by atoms with Crippen LogP contribution in [-0.4, -0.2) is 36.9 Å². The van der Waals surface area contributed by atoms with Crippen LogP contribution < -0.4 is 5.32 Å². The van der Waals surface area contributed by atoms with Crippen molar-refractivity contribution >= 4 is 5.78 Å². The molecule has 1 N–H and O–H groups in total. The van der Waals surface area contributed by atoms with Gasteiger partial charge in [0, 0.05) is 32.6 Å². The average molecular weight is 320 g/mol. The van der Waals surface area contributed by atoms with Crippen LogP contribution in [0.15, 0.2) is 60.7 Å². The number of carbonyl (C=O) groups is 1. The van der Waals surface area contributed by atoms with Crippen molar-refractivity contribution in [2.45, 2.75) is 18.9 Å². The molecular weight excluding hydrogens is 296 g/mol. The molecule has 4 rings (SSSR count). The van der Waals surface area contributed by atoms with Crippen molar-refractivity contribution in [1.82, 2.24) is 10.2 Å². The predicted molar refractivity (Wildman–Crippen MR) is 95.8 cm³/mol. The molecule has 2 saturated heterocycles. The third kappa shape index (κ3) is 2.79. The molecule has 0 amide bonds. The fraction of sp³-hybridized carbons (Fsp3) is 0.381. The number of nitrogens with zero attached hydrogens (tertiary/aromatic N) is 1. The molecule has 2 fully saturated rings. The van der Waals surface area contributed by atoms with Crippen LogP contribution in [0.1, 0.15) is 30.0 Å². The van der Waals surface area contributed by atoms with E-state index in [2.05, 4.69) is 70.9 Å². The third-order valence-electron chi connectivity index (χ3n) is 5.56. The van der Waals surface area contributed by atoms with E-state index in [1.165, 1.54) is 11.1 Å². The van der Waals surface area contributed by atoms with Gasteiger partial charge in [0.05, 0.1) is 11.5 Å². The minimum absolute atomic E-state index is 0.180. The van der Waals surface area contributed by atoms with E-state index in [4.69, 9.17) is 0 Å². The van der Waals surface area contributed by atoms with E-state index in [0.29, 0.717) is 12.2 Å². The number of likely N-dealkylation sites (tertiary alicyclic amines) is 1. The topological polar surface area (TPSA) is 32.3 Å². The van der Waals surface area contributed by atoms with Crippen LogP contribution in [0.4, 0.5) is 0 Å². The minimum atomic E-state index is -0.180. The van der Waals surface area contributed by atoms with E-state index in [1.807, 2.05) is 0 Å². The first kappa shape index (κ1) is 15.6. The highest BCUT2D eigenvalue weighted by atomic mass is 16.1. The van der Waals surface area contributed by atoms with E-state index < -0.39 is 0 Å². The molecule has 2 aromatic rings. The number of nitrogens with one attached hydrogen (secondary N) is 1. The van der Waals surface area contributed by atoms with Crippen molar-refractivity contribution in [1.29, 1.82) is 0 Å². The van der Waals surface area contributed by atoms with Crippen LogP contribution in [-0.2, 0) is 4.79 Å². The van der Waals surface area contributed by atoms with Gasteiger partial charge in [-0.25, -0.2) is 0 Å². The van der Waals surface area contributed by atoms with Gasteiger partial charge in [0.25, 0.3) is 0 Å². The number of benzene rings is 2. The fourth-order valence-corrected chi connectivity index (χ4v) is 4.27. The number of ketones is 1. The molecule has 0 bridgehead atoms. The lowest BCUT2D eigenvalue weighted by Crippen LogP contribution is -2.49. The van der Waals surface area contributed by atoms with Crippen LogP contribution in [0.25, 0.3) is 0 Å². The Balaban J connectivity index is 1.67. The summed E-state index contributed by atoms with van der Waals surface area (Å²) < 4.78 is 0. The first-order valence-electron chi connectivity index (χ1n) is 8.86. The number of hydrogen-bond donors (Lipinski definition) is 1. The van der Waals surface area contributed by atoms with Gasteiger partial charge in [-0.2, -0.15) is 0 Å². The second-order valence-corrected chi connectivity index (χ2v) is 7.07. The molecule has 0 aromatic heterocycles. The Hall–Kier alpha value is -1.97. The molecule has 0 saturated carbocycles. The molecule has 3 heteroatoms. The summed E-state index contributed by atoms with van der Waals surface area (Å²) in [6, 6.07) is 21.5. The van der Waals surface area contributed by atoms with Crippen LogP contribution >= 0.6 is 0 Å². The standard InChI is InChI=1S/C21H24N2O/c24-19-11-13-22-15-21(19)12-14-23(16-21)20(17-7-3-1-4-8-17)18-9-5-2-6-10-18/h1-10,20,22H,11-16H2. The minimum Gasteiger partial charge on any atom is -0.315 e. The lowest BCUT2D eigenvalue weighted by atomic mass is 9.79. The Morgan fingerprint density at radius 1 is 0.958 bits per heavy atom. The van der Waals surface area contributed by atoms with E-state index in [1.54, 1.807) is 0 Å². The number of Topliss-reactive ketones (excluding diaryl/α,β-unsaturated/α-hetero) is 1. The van der Waals surface area contributed by atoms with Gasteiger partial charge >= 0.3 is 0 Å². The van der Waals surface area contributed by atoms with Gasteiger partial charge < -0.3 is 5.32 Å². The first-order valence-corrected chi connectivity index (χ1v) is 8.86. The Labute approximate surface area is 143 Å². The molecule has 3 nitrogen and oxygen atoms in total. The molecule has 1 atom stereocenters. The zero-order valence-electron chi connectivity index (χ0n) is 13.9. The summed E-state index contributed by atoms with van der Waals surface area (Å²) in [6.45, 7) is 3.50. The second kappa shape index (κ2) is 6.50. The number of hydrogen-bond acceptors (Lipinski definition) is 3. The molecule has 2 aliphatic rings. The maximum absolute atomic E-state index is 12.6. The molecular formula is C21H24N2O. The number of carbonyl (C=O) groups excluding carboxylic acids is 1. The lowest BCUT2D eigenvalue weighted by molar-refractivity contribution is -0.129. The summed E-state index contributed by atoms with van der Waals surface area (Å²) in [6.07, 6.45) is 1.64. The Morgan fingerprint density at radius 3 is 2.17 bits per heavy atom. The quantitative estimate of drug-likeness (QED) is 0.943. The van der Waals surface area contributed by atoms with Gasteiger partial charge in [-0.3, -0.25) is 9.69 Å². The van der Waals surface area contributed by atoms with E-state index in [9.17, 15) is 4.79 Å². The van der Waals surface area contributed by atoms with E-state index in [-0.39, 0.29) is 11.5 Å². The number of rotatable bonds is 3. The van der Waals surface area contributed by atoms with Crippen LogP contribution in [0, 0.1) is 5.41 Å². The summed E-state index contributed by atoms with van der Waals surface area (Å²) in [4.78, 5) is 15.1. The third-order valence-corrected chi connectivity index (χ3v) is 5.56. The SMILES string of the molecule is O=C1CCNCC12CCN(C(c1ccccc1)c1ccccc1)C2. The van der Waals surface area contributed by atoms with Gasteiger partial charge in [-0.15, -0.1) is 0 Å². The summed E-state index contributed by atoms with van der Waals surface area (Å²) in [5.41, 5.74) is 2.43. The fourth-order valence-electron chi connectivity index (χ4n) is 4.27.